The summed E-state index contributed by atoms with van der Waals surface area (Å²) in [5.74, 6) is -0.820. The first kappa shape index (κ1) is 18.0. The van der Waals surface area contributed by atoms with E-state index >= 15 is 0 Å². The Kier molecular flexibility index (Phi) is 5.29. The zero-order valence-corrected chi connectivity index (χ0v) is 14.7. The maximum absolute atomic E-state index is 12.5. The Morgan fingerprint density at radius 3 is 2.46 bits per heavy atom. The highest BCUT2D eigenvalue weighted by molar-refractivity contribution is 6.40. The summed E-state index contributed by atoms with van der Waals surface area (Å²) in [6, 6.07) is 7.78. The fourth-order valence-corrected chi connectivity index (χ4v) is 2.92. The fourth-order valence-electron chi connectivity index (χ4n) is 2.92. The minimum Gasteiger partial charge on any atom is -0.460 e. The largest absolute Gasteiger partial charge is 0.460 e. The van der Waals surface area contributed by atoms with Crippen LogP contribution >= 0.6 is 12.4 Å². The Labute approximate surface area is 145 Å². The van der Waals surface area contributed by atoms with Crippen molar-refractivity contribution in [2.24, 2.45) is 0 Å². The SMILES string of the molecule is CCCn1c2ccccc2n2c(C(=O)C(=O)OCC)c(C)nc12.Cl. The summed E-state index contributed by atoms with van der Waals surface area (Å²) in [6.07, 6.45) is 0.946. The van der Waals surface area contributed by atoms with Crippen LogP contribution in [0.3, 0.4) is 0 Å². The lowest BCUT2D eigenvalue weighted by molar-refractivity contribution is -0.137. The minimum absolute atomic E-state index is 0. The zero-order valence-electron chi connectivity index (χ0n) is 13.9. The molecule has 1 aromatic carbocycles. The Balaban J connectivity index is 0.00000208. The lowest BCUT2D eigenvalue weighted by atomic mass is 10.2. The van der Waals surface area contributed by atoms with Crippen molar-refractivity contribution in [3.63, 3.8) is 0 Å². The van der Waals surface area contributed by atoms with Crippen LogP contribution in [0.1, 0.15) is 36.5 Å². The number of nitrogens with zero attached hydrogens (tertiary/aromatic N) is 3. The van der Waals surface area contributed by atoms with Gasteiger partial charge in [0.05, 0.1) is 23.3 Å². The van der Waals surface area contributed by atoms with Gasteiger partial charge >= 0.3 is 5.97 Å². The summed E-state index contributed by atoms with van der Waals surface area (Å²) >= 11 is 0. The predicted octanol–water partition coefficient (Wildman–Crippen LogP) is 3.18. The molecule has 7 heteroatoms. The highest BCUT2D eigenvalue weighted by atomic mass is 35.5. The number of aromatic nitrogens is 3. The minimum atomic E-state index is -0.843. The lowest BCUT2D eigenvalue weighted by Gasteiger charge is -2.02. The molecule has 2 heterocycles. The number of ether oxygens (including phenoxy) is 1. The summed E-state index contributed by atoms with van der Waals surface area (Å²) in [4.78, 5) is 28.9. The predicted molar refractivity (Wildman–Crippen MR) is 93.9 cm³/mol. The van der Waals surface area contributed by atoms with Crippen LogP contribution in [0.2, 0.25) is 0 Å². The standard InChI is InChI=1S/C17H19N3O3.ClH/c1-4-10-19-12-8-6-7-9-13(12)20-14(11(3)18-17(19)20)15(21)16(22)23-5-2;/h6-9H,4-5,10H2,1-3H3;1H. The first-order valence-corrected chi connectivity index (χ1v) is 7.77. The number of ketones is 1. The van der Waals surface area contributed by atoms with Gasteiger partial charge in [-0.3, -0.25) is 9.20 Å². The van der Waals surface area contributed by atoms with Crippen molar-refractivity contribution in [1.82, 2.24) is 14.0 Å². The van der Waals surface area contributed by atoms with Gasteiger partial charge in [-0.15, -0.1) is 12.4 Å². The molecule has 0 fully saturated rings. The molecule has 0 saturated heterocycles. The molecule has 0 radical (unpaired) electrons. The van der Waals surface area contributed by atoms with E-state index in [1.165, 1.54) is 0 Å². The van der Waals surface area contributed by atoms with Gasteiger partial charge in [0.25, 0.3) is 5.78 Å². The van der Waals surface area contributed by atoms with Crippen molar-refractivity contribution < 1.29 is 14.3 Å². The maximum Gasteiger partial charge on any atom is 0.381 e. The van der Waals surface area contributed by atoms with Gasteiger partial charge in [-0.2, -0.15) is 0 Å². The second-order valence-electron chi connectivity index (χ2n) is 5.37. The first-order chi connectivity index (χ1) is 11.1. The van der Waals surface area contributed by atoms with Crippen molar-refractivity contribution in [3.05, 3.63) is 35.7 Å². The van der Waals surface area contributed by atoms with Crippen LogP contribution in [0.15, 0.2) is 24.3 Å². The van der Waals surface area contributed by atoms with Crippen molar-refractivity contribution >= 4 is 41.0 Å². The van der Waals surface area contributed by atoms with E-state index in [0.29, 0.717) is 11.5 Å². The second-order valence-corrected chi connectivity index (χ2v) is 5.37. The molecule has 24 heavy (non-hydrogen) atoms. The number of benzene rings is 1. The summed E-state index contributed by atoms with van der Waals surface area (Å²) in [6.45, 7) is 6.47. The van der Waals surface area contributed by atoms with Gasteiger partial charge in [-0.25, -0.2) is 9.78 Å². The van der Waals surface area contributed by atoms with Crippen LogP contribution in [0, 0.1) is 6.92 Å². The Bertz CT molecular complexity index is 911. The number of para-hydroxylation sites is 2. The first-order valence-electron chi connectivity index (χ1n) is 7.77. The van der Waals surface area contributed by atoms with Gasteiger partial charge in [0, 0.05) is 6.54 Å². The van der Waals surface area contributed by atoms with Gasteiger partial charge in [0.1, 0.15) is 5.69 Å². The molecule has 0 N–H and O–H groups in total. The normalized spacial score (nSPS) is 10.8. The van der Waals surface area contributed by atoms with Crippen molar-refractivity contribution in [2.45, 2.75) is 33.7 Å². The molecule has 0 bridgehead atoms. The number of halogens is 1. The van der Waals surface area contributed by atoms with Crippen LogP contribution < -0.4 is 0 Å². The van der Waals surface area contributed by atoms with E-state index in [0.717, 1.165) is 24.0 Å². The number of rotatable bonds is 5. The van der Waals surface area contributed by atoms with E-state index in [2.05, 4.69) is 16.5 Å². The van der Waals surface area contributed by atoms with E-state index in [9.17, 15) is 9.59 Å². The number of esters is 1. The zero-order chi connectivity index (χ0) is 16.6. The van der Waals surface area contributed by atoms with Crippen molar-refractivity contribution in [2.75, 3.05) is 6.61 Å². The average Bonchev–Trinajstić information content (AvgIpc) is 3.02. The number of carbonyl (C=O) groups excluding carboxylic acids is 2. The lowest BCUT2D eigenvalue weighted by Crippen LogP contribution is -2.20. The molecule has 0 spiro atoms. The highest BCUT2D eigenvalue weighted by Crippen LogP contribution is 2.25. The third-order valence-corrected chi connectivity index (χ3v) is 3.81. The number of Topliss-reactive ketones (excluding diaryl/α,β-unsaturated/α-hetero) is 1. The summed E-state index contributed by atoms with van der Waals surface area (Å²) in [7, 11) is 0. The number of carbonyl (C=O) groups is 2. The maximum atomic E-state index is 12.5. The Morgan fingerprint density at radius 1 is 1.17 bits per heavy atom. The van der Waals surface area contributed by atoms with Gasteiger partial charge < -0.3 is 9.30 Å². The monoisotopic (exact) mass is 349 g/mol. The molecule has 0 unspecified atom stereocenters. The van der Waals surface area contributed by atoms with Crippen LogP contribution in [0.25, 0.3) is 16.8 Å². The second kappa shape index (κ2) is 7.05. The van der Waals surface area contributed by atoms with Gasteiger partial charge in [-0.1, -0.05) is 19.1 Å². The van der Waals surface area contributed by atoms with Gasteiger partial charge in [0.2, 0.25) is 5.78 Å². The molecular formula is C17H20ClN3O3. The smallest absolute Gasteiger partial charge is 0.381 e. The van der Waals surface area contributed by atoms with Crippen LogP contribution in [-0.4, -0.2) is 32.3 Å². The molecule has 2 aromatic heterocycles. The Hall–Kier alpha value is -2.34. The van der Waals surface area contributed by atoms with Crippen molar-refractivity contribution in [1.29, 1.82) is 0 Å². The molecule has 0 amide bonds. The van der Waals surface area contributed by atoms with Crippen molar-refractivity contribution in [3.8, 4) is 0 Å². The van der Waals surface area contributed by atoms with Gasteiger partial charge in [0.15, 0.2) is 0 Å². The average molecular weight is 350 g/mol. The third kappa shape index (κ3) is 2.67. The number of fused-ring (bicyclic) bond motifs is 3. The third-order valence-electron chi connectivity index (χ3n) is 3.81. The molecule has 0 aliphatic heterocycles. The molecular weight excluding hydrogens is 330 g/mol. The summed E-state index contributed by atoms with van der Waals surface area (Å²) in [5, 5.41) is 0. The van der Waals surface area contributed by atoms with Gasteiger partial charge in [-0.05, 0) is 32.4 Å². The molecule has 3 aromatic rings. The van der Waals surface area contributed by atoms with E-state index in [1.807, 2.05) is 24.3 Å². The quantitative estimate of drug-likeness (QED) is 0.403. The number of imidazole rings is 2. The molecule has 0 saturated carbocycles. The summed E-state index contributed by atoms with van der Waals surface area (Å²) < 4.78 is 8.70. The highest BCUT2D eigenvalue weighted by Gasteiger charge is 2.27. The molecule has 0 aliphatic carbocycles. The molecule has 0 atom stereocenters. The molecule has 128 valence electrons. The molecule has 0 aliphatic rings. The summed E-state index contributed by atoms with van der Waals surface area (Å²) in [5.41, 5.74) is 2.68. The number of aryl methyl sites for hydroxylation is 2. The molecule has 3 rings (SSSR count). The topological polar surface area (TPSA) is 65.6 Å². The number of hydrogen-bond acceptors (Lipinski definition) is 4. The van der Waals surface area contributed by atoms with E-state index < -0.39 is 11.8 Å². The van der Waals surface area contributed by atoms with Crippen LogP contribution in [0.5, 0.6) is 0 Å². The Morgan fingerprint density at radius 2 is 1.83 bits per heavy atom. The van der Waals surface area contributed by atoms with E-state index in [4.69, 9.17) is 4.74 Å². The van der Waals surface area contributed by atoms with Crippen LogP contribution in [-0.2, 0) is 16.1 Å². The van der Waals surface area contributed by atoms with Crippen LogP contribution in [0.4, 0.5) is 0 Å². The molecule has 6 nitrogen and oxygen atoms in total. The fraction of sp³-hybridized carbons (Fsp3) is 0.353. The number of hydrogen-bond donors (Lipinski definition) is 0. The van der Waals surface area contributed by atoms with E-state index in [-0.39, 0.29) is 24.7 Å². The van der Waals surface area contributed by atoms with E-state index in [1.54, 1.807) is 18.2 Å².